The second kappa shape index (κ2) is 7.55. The molecule has 0 aliphatic carbocycles. The number of amides is 1. The summed E-state index contributed by atoms with van der Waals surface area (Å²) in [4.78, 5) is 12.4. The second-order valence-electron chi connectivity index (χ2n) is 6.28. The highest BCUT2D eigenvalue weighted by Crippen LogP contribution is 2.30. The molecule has 4 aromatic rings. The number of hydrogen-bond donors (Lipinski definition) is 1. The lowest BCUT2D eigenvalue weighted by molar-refractivity contribution is -0.113. The van der Waals surface area contributed by atoms with Crippen molar-refractivity contribution in [2.75, 3.05) is 18.2 Å². The van der Waals surface area contributed by atoms with Crippen LogP contribution in [0.2, 0.25) is 0 Å². The fourth-order valence-electron chi connectivity index (χ4n) is 3.15. The van der Waals surface area contributed by atoms with E-state index in [4.69, 9.17) is 9.15 Å². The van der Waals surface area contributed by atoms with Gasteiger partial charge >= 0.3 is 0 Å². The minimum Gasteiger partial charge on any atom is -0.495 e. The minimum atomic E-state index is -0.139. The summed E-state index contributed by atoms with van der Waals surface area (Å²) in [6.45, 7) is 3.96. The standard InChI is InChI=1S/C20H20N4O3S/c1-4-18-22-23-20(15-10-17-14(24(15)18)9-12(2)27-17)28-11-19(25)21-13-7-5-6-8-16(13)26-3/h5-10H,4,11H2,1-3H3,(H,21,25). The van der Waals surface area contributed by atoms with Crippen LogP contribution in [0.3, 0.4) is 0 Å². The predicted octanol–water partition coefficient (Wildman–Crippen LogP) is 4.09. The first-order valence-corrected chi connectivity index (χ1v) is 9.92. The third-order valence-electron chi connectivity index (χ3n) is 4.38. The van der Waals surface area contributed by atoms with Gasteiger partial charge in [-0.2, -0.15) is 0 Å². The monoisotopic (exact) mass is 396 g/mol. The van der Waals surface area contributed by atoms with Gasteiger partial charge < -0.3 is 14.5 Å². The largest absolute Gasteiger partial charge is 0.495 e. The van der Waals surface area contributed by atoms with Gasteiger partial charge in [0.05, 0.1) is 29.6 Å². The van der Waals surface area contributed by atoms with E-state index in [0.717, 1.165) is 34.6 Å². The van der Waals surface area contributed by atoms with E-state index in [0.29, 0.717) is 16.5 Å². The molecule has 1 N–H and O–H groups in total. The lowest BCUT2D eigenvalue weighted by atomic mass is 10.3. The molecule has 4 rings (SSSR count). The molecule has 0 aliphatic rings. The Balaban J connectivity index is 1.58. The number of rotatable bonds is 6. The van der Waals surface area contributed by atoms with Crippen LogP contribution in [0.15, 0.2) is 45.8 Å². The van der Waals surface area contributed by atoms with Crippen molar-refractivity contribution in [3.63, 3.8) is 0 Å². The van der Waals surface area contributed by atoms with Gasteiger partial charge in [0.1, 0.15) is 22.4 Å². The van der Waals surface area contributed by atoms with E-state index in [-0.39, 0.29) is 11.7 Å². The zero-order chi connectivity index (χ0) is 19.7. The number of aromatic nitrogens is 3. The van der Waals surface area contributed by atoms with Crippen LogP contribution in [0.4, 0.5) is 5.69 Å². The molecule has 1 aromatic carbocycles. The van der Waals surface area contributed by atoms with Gasteiger partial charge in [0, 0.05) is 18.6 Å². The molecule has 7 nitrogen and oxygen atoms in total. The van der Waals surface area contributed by atoms with Crippen LogP contribution in [0.5, 0.6) is 5.75 Å². The predicted molar refractivity (Wildman–Crippen MR) is 109 cm³/mol. The van der Waals surface area contributed by atoms with E-state index in [1.807, 2.05) is 38.1 Å². The first-order valence-electron chi connectivity index (χ1n) is 8.93. The van der Waals surface area contributed by atoms with E-state index < -0.39 is 0 Å². The number of anilines is 1. The summed E-state index contributed by atoms with van der Waals surface area (Å²) < 4.78 is 13.1. The Morgan fingerprint density at radius 1 is 1.25 bits per heavy atom. The van der Waals surface area contributed by atoms with Crippen molar-refractivity contribution in [3.8, 4) is 5.75 Å². The van der Waals surface area contributed by atoms with Gasteiger partial charge in [0.15, 0.2) is 5.58 Å². The normalized spacial score (nSPS) is 11.2. The maximum absolute atomic E-state index is 12.4. The molecule has 0 atom stereocenters. The minimum absolute atomic E-state index is 0.139. The number of furan rings is 1. The van der Waals surface area contributed by atoms with Crippen LogP contribution in [0.25, 0.3) is 16.6 Å². The average molecular weight is 396 g/mol. The van der Waals surface area contributed by atoms with Crippen LogP contribution in [-0.2, 0) is 11.2 Å². The number of fused-ring (bicyclic) bond motifs is 3. The zero-order valence-corrected chi connectivity index (χ0v) is 16.7. The third-order valence-corrected chi connectivity index (χ3v) is 5.35. The number of nitrogens with one attached hydrogen (secondary N) is 1. The summed E-state index contributed by atoms with van der Waals surface area (Å²) in [5, 5.41) is 12.2. The van der Waals surface area contributed by atoms with E-state index in [1.165, 1.54) is 11.8 Å². The molecule has 0 saturated heterocycles. The number of carbonyl (C=O) groups is 1. The highest BCUT2D eigenvalue weighted by atomic mass is 32.2. The van der Waals surface area contributed by atoms with Crippen molar-refractivity contribution in [3.05, 3.63) is 48.0 Å². The number of para-hydroxylation sites is 2. The molecular weight excluding hydrogens is 376 g/mol. The van der Waals surface area contributed by atoms with Crippen molar-refractivity contribution in [1.29, 1.82) is 0 Å². The molecule has 8 heteroatoms. The molecular formula is C20H20N4O3S. The molecule has 3 heterocycles. The number of methoxy groups -OCH3 is 1. The summed E-state index contributed by atoms with van der Waals surface area (Å²) in [5.74, 6) is 2.40. The van der Waals surface area contributed by atoms with Crippen LogP contribution < -0.4 is 10.1 Å². The van der Waals surface area contributed by atoms with Gasteiger partial charge in [0.2, 0.25) is 5.91 Å². The SMILES string of the molecule is CCc1nnc(SCC(=O)Nc2ccccc2OC)c2cc3oc(C)cc3n12. The van der Waals surface area contributed by atoms with Crippen molar-refractivity contribution in [2.24, 2.45) is 0 Å². The number of thioether (sulfide) groups is 1. The highest BCUT2D eigenvalue weighted by molar-refractivity contribution is 8.00. The number of carbonyl (C=O) groups excluding carboxylic acids is 1. The quantitative estimate of drug-likeness (QED) is 0.495. The summed E-state index contributed by atoms with van der Waals surface area (Å²) in [6, 6.07) is 11.3. The van der Waals surface area contributed by atoms with Crippen LogP contribution in [-0.4, -0.2) is 33.4 Å². The van der Waals surface area contributed by atoms with E-state index >= 15 is 0 Å². The second-order valence-corrected chi connectivity index (χ2v) is 7.25. The van der Waals surface area contributed by atoms with Gasteiger partial charge in [-0.25, -0.2) is 0 Å². The van der Waals surface area contributed by atoms with E-state index in [1.54, 1.807) is 19.2 Å². The smallest absolute Gasteiger partial charge is 0.234 e. The Morgan fingerprint density at radius 3 is 2.86 bits per heavy atom. The fourth-order valence-corrected chi connectivity index (χ4v) is 3.89. The summed E-state index contributed by atoms with van der Waals surface area (Å²) in [7, 11) is 1.57. The van der Waals surface area contributed by atoms with Crippen LogP contribution >= 0.6 is 11.8 Å². The Morgan fingerprint density at radius 2 is 2.07 bits per heavy atom. The molecule has 0 unspecified atom stereocenters. The molecule has 144 valence electrons. The number of aryl methyl sites for hydroxylation is 2. The highest BCUT2D eigenvalue weighted by Gasteiger charge is 2.17. The molecule has 0 fully saturated rings. The molecule has 0 aliphatic heterocycles. The zero-order valence-electron chi connectivity index (χ0n) is 15.9. The number of hydrogen-bond acceptors (Lipinski definition) is 6. The molecule has 0 bridgehead atoms. The van der Waals surface area contributed by atoms with Crippen molar-refractivity contribution in [1.82, 2.24) is 14.6 Å². The number of ether oxygens (including phenoxy) is 1. The molecule has 1 amide bonds. The Bertz CT molecular complexity index is 1170. The first kappa shape index (κ1) is 18.4. The van der Waals surface area contributed by atoms with Crippen LogP contribution in [0, 0.1) is 6.92 Å². The summed E-state index contributed by atoms with van der Waals surface area (Å²) >= 11 is 1.34. The topological polar surface area (TPSA) is 81.7 Å². The molecule has 0 radical (unpaired) electrons. The maximum atomic E-state index is 12.4. The lowest BCUT2D eigenvalue weighted by Gasteiger charge is -2.10. The Labute approximate surface area is 166 Å². The summed E-state index contributed by atoms with van der Waals surface area (Å²) in [6.07, 6.45) is 0.747. The van der Waals surface area contributed by atoms with Gasteiger partial charge in [-0.1, -0.05) is 30.8 Å². The van der Waals surface area contributed by atoms with E-state index in [9.17, 15) is 4.79 Å². The molecule has 0 spiro atoms. The van der Waals surface area contributed by atoms with Gasteiger partial charge in [-0.15, -0.1) is 10.2 Å². The van der Waals surface area contributed by atoms with Gasteiger partial charge in [0.25, 0.3) is 0 Å². The van der Waals surface area contributed by atoms with Crippen molar-refractivity contribution >= 4 is 40.0 Å². The number of benzene rings is 1. The fraction of sp³-hybridized carbons (Fsp3) is 0.250. The van der Waals surface area contributed by atoms with Crippen LogP contribution in [0.1, 0.15) is 18.5 Å². The van der Waals surface area contributed by atoms with Crippen molar-refractivity contribution in [2.45, 2.75) is 25.3 Å². The van der Waals surface area contributed by atoms with Gasteiger partial charge in [-0.3, -0.25) is 9.20 Å². The van der Waals surface area contributed by atoms with Crippen molar-refractivity contribution < 1.29 is 13.9 Å². The Hall–Kier alpha value is -3.00. The van der Waals surface area contributed by atoms with Gasteiger partial charge in [-0.05, 0) is 19.1 Å². The third kappa shape index (κ3) is 3.31. The number of nitrogens with zero attached hydrogens (tertiary/aromatic N) is 3. The first-order chi connectivity index (χ1) is 13.6. The van der Waals surface area contributed by atoms with E-state index in [2.05, 4.69) is 19.9 Å². The average Bonchev–Trinajstić information content (AvgIpc) is 3.23. The molecule has 0 saturated carbocycles. The lowest BCUT2D eigenvalue weighted by Crippen LogP contribution is -2.15. The Kier molecular flexibility index (Phi) is 4.95. The molecule has 3 aromatic heterocycles. The maximum Gasteiger partial charge on any atom is 0.234 e. The molecule has 28 heavy (non-hydrogen) atoms. The summed E-state index contributed by atoms with van der Waals surface area (Å²) in [5.41, 5.74) is 3.31.